The van der Waals surface area contributed by atoms with Gasteiger partial charge in [-0.1, -0.05) is 72.4 Å². The van der Waals surface area contributed by atoms with E-state index in [0.29, 0.717) is 5.11 Å². The predicted octanol–water partition coefficient (Wildman–Crippen LogP) is 5.89. The Hall–Kier alpha value is -2.30. The lowest BCUT2D eigenvalue weighted by atomic mass is 10.1. The first kappa shape index (κ1) is 17.5. The van der Waals surface area contributed by atoms with Crippen LogP contribution in [-0.2, 0) is 0 Å². The molecule has 126 valence electrons. The van der Waals surface area contributed by atoms with Gasteiger partial charge >= 0.3 is 0 Å². The van der Waals surface area contributed by atoms with Crippen LogP contribution in [0, 0.1) is 0 Å². The van der Waals surface area contributed by atoms with Gasteiger partial charge in [0.25, 0.3) is 0 Å². The highest BCUT2D eigenvalue weighted by molar-refractivity contribution is 7.99. The highest BCUT2D eigenvalue weighted by Gasteiger charge is 2.09. The molecule has 0 fully saturated rings. The fourth-order valence-electron chi connectivity index (χ4n) is 2.45. The second kappa shape index (κ2) is 8.70. The molecule has 0 radical (unpaired) electrons. The molecule has 1 unspecified atom stereocenters. The number of benzene rings is 3. The Morgan fingerprint density at radius 3 is 2.16 bits per heavy atom. The molecule has 25 heavy (non-hydrogen) atoms. The van der Waals surface area contributed by atoms with E-state index in [1.807, 2.05) is 54.6 Å². The van der Waals surface area contributed by atoms with Crippen molar-refractivity contribution in [2.75, 3.05) is 5.32 Å². The van der Waals surface area contributed by atoms with Crippen molar-refractivity contribution >= 4 is 34.8 Å². The Kier molecular flexibility index (Phi) is 6.09. The van der Waals surface area contributed by atoms with Gasteiger partial charge in [0.15, 0.2) is 5.11 Å². The summed E-state index contributed by atoms with van der Waals surface area (Å²) in [6.07, 6.45) is 0. The third-order valence-corrected chi connectivity index (χ3v) is 5.06. The van der Waals surface area contributed by atoms with E-state index in [4.69, 9.17) is 12.2 Å². The van der Waals surface area contributed by atoms with Gasteiger partial charge in [-0.2, -0.15) is 0 Å². The van der Waals surface area contributed by atoms with Gasteiger partial charge < -0.3 is 10.6 Å². The van der Waals surface area contributed by atoms with Crippen LogP contribution in [0.15, 0.2) is 94.7 Å². The van der Waals surface area contributed by atoms with E-state index < -0.39 is 0 Å². The Morgan fingerprint density at radius 1 is 0.840 bits per heavy atom. The molecule has 3 aromatic rings. The highest BCUT2D eigenvalue weighted by atomic mass is 32.2. The zero-order valence-corrected chi connectivity index (χ0v) is 15.6. The van der Waals surface area contributed by atoms with Crippen LogP contribution in [0.25, 0.3) is 0 Å². The normalized spacial score (nSPS) is 11.6. The molecule has 0 aliphatic carbocycles. The van der Waals surface area contributed by atoms with Gasteiger partial charge in [-0.15, -0.1) is 0 Å². The monoisotopic (exact) mass is 364 g/mol. The lowest BCUT2D eigenvalue weighted by molar-refractivity contribution is 0.722. The number of nitrogens with one attached hydrogen (secondary N) is 2. The molecule has 0 saturated carbocycles. The minimum Gasteiger partial charge on any atom is -0.356 e. The molecule has 0 aliphatic heterocycles. The van der Waals surface area contributed by atoms with Crippen LogP contribution in [0.1, 0.15) is 18.5 Å². The van der Waals surface area contributed by atoms with E-state index in [-0.39, 0.29) is 6.04 Å². The van der Waals surface area contributed by atoms with Gasteiger partial charge in [0, 0.05) is 9.79 Å². The molecule has 0 saturated heterocycles. The molecule has 2 N–H and O–H groups in total. The van der Waals surface area contributed by atoms with Gasteiger partial charge in [0.2, 0.25) is 0 Å². The zero-order valence-electron chi connectivity index (χ0n) is 14.0. The minimum absolute atomic E-state index is 0.148. The number of anilines is 1. The molecule has 4 heteroatoms. The molecule has 0 heterocycles. The van der Waals surface area contributed by atoms with E-state index >= 15 is 0 Å². The van der Waals surface area contributed by atoms with Crippen LogP contribution < -0.4 is 10.6 Å². The van der Waals surface area contributed by atoms with Crippen LogP contribution in [0.4, 0.5) is 5.69 Å². The van der Waals surface area contributed by atoms with Crippen LogP contribution in [-0.4, -0.2) is 5.11 Å². The van der Waals surface area contributed by atoms with Gasteiger partial charge in [0.1, 0.15) is 0 Å². The molecule has 2 nitrogen and oxygen atoms in total. The van der Waals surface area contributed by atoms with Crippen LogP contribution in [0.3, 0.4) is 0 Å². The van der Waals surface area contributed by atoms with Gasteiger partial charge in [-0.3, -0.25) is 0 Å². The molecule has 0 aliphatic rings. The third kappa shape index (κ3) is 5.08. The largest absolute Gasteiger partial charge is 0.356 e. The number of hydrogen-bond acceptors (Lipinski definition) is 2. The van der Waals surface area contributed by atoms with Crippen LogP contribution >= 0.6 is 24.0 Å². The first-order valence-electron chi connectivity index (χ1n) is 8.17. The first-order chi connectivity index (χ1) is 12.2. The molecule has 0 bridgehead atoms. The average Bonchev–Trinajstić information content (AvgIpc) is 2.65. The SMILES string of the molecule is CC(NC(=S)Nc1ccccc1Sc1ccccc1)c1ccccc1. The molecule has 3 aromatic carbocycles. The van der Waals surface area contributed by atoms with Crippen molar-refractivity contribution in [2.24, 2.45) is 0 Å². The molecule has 3 rings (SSSR count). The second-order valence-electron chi connectivity index (χ2n) is 5.64. The molecular formula is C21H20N2S2. The summed E-state index contributed by atoms with van der Waals surface area (Å²) >= 11 is 7.23. The van der Waals surface area contributed by atoms with E-state index in [1.54, 1.807) is 11.8 Å². The van der Waals surface area contributed by atoms with Crippen molar-refractivity contribution in [3.8, 4) is 0 Å². The lowest BCUT2D eigenvalue weighted by Gasteiger charge is -2.18. The summed E-state index contributed by atoms with van der Waals surface area (Å²) in [5, 5.41) is 7.30. The number of rotatable bonds is 5. The van der Waals surface area contributed by atoms with Crippen molar-refractivity contribution in [3.05, 3.63) is 90.5 Å². The number of para-hydroxylation sites is 1. The smallest absolute Gasteiger partial charge is 0.171 e. The van der Waals surface area contributed by atoms with Crippen molar-refractivity contribution in [1.29, 1.82) is 0 Å². The Balaban J connectivity index is 1.67. The Morgan fingerprint density at radius 2 is 1.44 bits per heavy atom. The maximum absolute atomic E-state index is 5.51. The van der Waals surface area contributed by atoms with Crippen LogP contribution in [0.5, 0.6) is 0 Å². The van der Waals surface area contributed by atoms with Crippen molar-refractivity contribution in [2.45, 2.75) is 22.8 Å². The second-order valence-corrected chi connectivity index (χ2v) is 7.17. The molecular weight excluding hydrogens is 344 g/mol. The molecule has 0 amide bonds. The maximum Gasteiger partial charge on any atom is 0.171 e. The summed E-state index contributed by atoms with van der Waals surface area (Å²) in [6.45, 7) is 2.11. The fraction of sp³-hybridized carbons (Fsp3) is 0.0952. The third-order valence-electron chi connectivity index (χ3n) is 3.75. The van der Waals surface area contributed by atoms with Gasteiger partial charge in [-0.05, 0) is 49.0 Å². The minimum atomic E-state index is 0.148. The lowest BCUT2D eigenvalue weighted by Crippen LogP contribution is -2.31. The quantitative estimate of drug-likeness (QED) is 0.552. The topological polar surface area (TPSA) is 24.1 Å². The first-order valence-corrected chi connectivity index (χ1v) is 9.39. The predicted molar refractivity (Wildman–Crippen MR) is 111 cm³/mol. The summed E-state index contributed by atoms with van der Waals surface area (Å²) in [5.74, 6) is 0. The summed E-state index contributed by atoms with van der Waals surface area (Å²) in [7, 11) is 0. The fourth-order valence-corrected chi connectivity index (χ4v) is 3.66. The molecule has 0 aromatic heterocycles. The molecule has 1 atom stereocenters. The maximum atomic E-state index is 5.51. The summed E-state index contributed by atoms with van der Waals surface area (Å²) in [4.78, 5) is 2.35. The van der Waals surface area contributed by atoms with E-state index in [1.165, 1.54) is 10.5 Å². The Bertz CT molecular complexity index is 820. The standard InChI is InChI=1S/C21H20N2S2/c1-16(17-10-4-2-5-11-17)22-21(24)23-19-14-8-9-15-20(19)25-18-12-6-3-7-13-18/h2-16H,1H3,(H2,22,23,24). The number of hydrogen-bond donors (Lipinski definition) is 2. The van der Waals surface area contributed by atoms with Crippen molar-refractivity contribution in [1.82, 2.24) is 5.32 Å². The van der Waals surface area contributed by atoms with Gasteiger partial charge in [0.05, 0.1) is 11.7 Å². The molecule has 0 spiro atoms. The Labute approximate surface area is 158 Å². The summed E-state index contributed by atoms with van der Waals surface area (Å²) in [6, 6.07) is 29.0. The highest BCUT2D eigenvalue weighted by Crippen LogP contribution is 2.33. The summed E-state index contributed by atoms with van der Waals surface area (Å²) < 4.78 is 0. The summed E-state index contributed by atoms with van der Waals surface area (Å²) in [5.41, 5.74) is 2.22. The van der Waals surface area contributed by atoms with E-state index in [2.05, 4.69) is 47.9 Å². The average molecular weight is 365 g/mol. The van der Waals surface area contributed by atoms with Gasteiger partial charge in [-0.25, -0.2) is 0 Å². The van der Waals surface area contributed by atoms with Crippen molar-refractivity contribution < 1.29 is 0 Å². The van der Waals surface area contributed by atoms with Crippen molar-refractivity contribution in [3.63, 3.8) is 0 Å². The van der Waals surface area contributed by atoms with E-state index in [0.717, 1.165) is 10.6 Å². The number of thiocarbonyl (C=S) groups is 1. The van der Waals surface area contributed by atoms with E-state index in [9.17, 15) is 0 Å². The van der Waals surface area contributed by atoms with Crippen LogP contribution in [0.2, 0.25) is 0 Å². The zero-order chi connectivity index (χ0) is 17.5.